The molecule has 0 radical (unpaired) electrons. The molecular weight excluding hydrogens is 305 g/mol. The Morgan fingerprint density at radius 1 is 1.17 bits per heavy atom. The van der Waals surface area contributed by atoms with E-state index in [1.165, 1.54) is 6.07 Å². The lowest BCUT2D eigenvalue weighted by atomic mass is 9.97. The lowest BCUT2D eigenvalue weighted by Gasteiger charge is -2.23. The first-order valence-corrected chi connectivity index (χ1v) is 7.81. The fourth-order valence-corrected chi connectivity index (χ4v) is 2.71. The predicted molar refractivity (Wildman–Crippen MR) is 88.7 cm³/mol. The zero-order valence-electron chi connectivity index (χ0n) is 13.1. The standard InChI is InChI=1S/C20H16FNO2/c1-2-17-18(11-8-15(13-22)20(17)21)14-6-9-16(10-7-14)24-19-5-3-4-12-23-19/h1,6-11,19H,3-5,12H2. The van der Waals surface area contributed by atoms with Gasteiger partial charge in [-0.2, -0.15) is 5.26 Å². The van der Waals surface area contributed by atoms with Gasteiger partial charge in [0.05, 0.1) is 17.7 Å². The fraction of sp³-hybridized carbons (Fsp3) is 0.250. The molecule has 1 aliphatic heterocycles. The van der Waals surface area contributed by atoms with E-state index in [0.29, 0.717) is 11.3 Å². The van der Waals surface area contributed by atoms with Crippen molar-refractivity contribution in [3.05, 3.63) is 53.3 Å². The molecule has 1 saturated heterocycles. The van der Waals surface area contributed by atoms with Crippen LogP contribution >= 0.6 is 0 Å². The predicted octanol–water partition coefficient (Wildman–Crippen LogP) is 4.25. The van der Waals surface area contributed by atoms with Gasteiger partial charge in [-0.15, -0.1) is 6.42 Å². The molecule has 1 fully saturated rings. The van der Waals surface area contributed by atoms with Crippen LogP contribution in [0.1, 0.15) is 30.4 Å². The van der Waals surface area contributed by atoms with Crippen LogP contribution in [0.5, 0.6) is 5.75 Å². The molecule has 0 bridgehead atoms. The maximum absolute atomic E-state index is 14.2. The molecule has 0 spiro atoms. The second-order valence-corrected chi connectivity index (χ2v) is 5.54. The van der Waals surface area contributed by atoms with E-state index < -0.39 is 5.82 Å². The summed E-state index contributed by atoms with van der Waals surface area (Å²) in [5.41, 5.74) is 1.39. The van der Waals surface area contributed by atoms with E-state index in [1.807, 2.05) is 24.3 Å². The molecule has 1 unspecified atom stereocenters. The van der Waals surface area contributed by atoms with Crippen LogP contribution in [0, 0.1) is 29.5 Å². The van der Waals surface area contributed by atoms with Crippen molar-refractivity contribution in [1.82, 2.24) is 0 Å². The van der Waals surface area contributed by atoms with Crippen LogP contribution in [0.4, 0.5) is 4.39 Å². The van der Waals surface area contributed by atoms with Gasteiger partial charge in [0, 0.05) is 12.0 Å². The average molecular weight is 321 g/mol. The van der Waals surface area contributed by atoms with E-state index >= 15 is 0 Å². The van der Waals surface area contributed by atoms with Gasteiger partial charge in [-0.25, -0.2) is 4.39 Å². The van der Waals surface area contributed by atoms with Crippen LogP contribution in [0.15, 0.2) is 36.4 Å². The molecule has 0 amide bonds. The Labute approximate surface area is 140 Å². The maximum Gasteiger partial charge on any atom is 0.199 e. The number of nitrogens with zero attached hydrogens (tertiary/aromatic N) is 1. The van der Waals surface area contributed by atoms with Crippen molar-refractivity contribution in [2.45, 2.75) is 25.6 Å². The quantitative estimate of drug-likeness (QED) is 0.794. The van der Waals surface area contributed by atoms with Gasteiger partial charge in [-0.1, -0.05) is 24.1 Å². The highest BCUT2D eigenvalue weighted by molar-refractivity contribution is 5.73. The van der Waals surface area contributed by atoms with Gasteiger partial charge < -0.3 is 9.47 Å². The van der Waals surface area contributed by atoms with Crippen molar-refractivity contribution >= 4 is 0 Å². The van der Waals surface area contributed by atoms with Gasteiger partial charge in [-0.3, -0.25) is 0 Å². The van der Waals surface area contributed by atoms with Gasteiger partial charge in [0.2, 0.25) is 0 Å². The Kier molecular flexibility index (Phi) is 4.79. The molecule has 2 aromatic carbocycles. The summed E-state index contributed by atoms with van der Waals surface area (Å²) < 4.78 is 25.5. The van der Waals surface area contributed by atoms with Gasteiger partial charge in [0.1, 0.15) is 11.8 Å². The van der Waals surface area contributed by atoms with Crippen molar-refractivity contribution in [3.8, 4) is 35.3 Å². The van der Waals surface area contributed by atoms with Crippen molar-refractivity contribution in [3.63, 3.8) is 0 Å². The highest BCUT2D eigenvalue weighted by Gasteiger charge is 2.16. The summed E-state index contributed by atoms with van der Waals surface area (Å²) in [4.78, 5) is 0. The van der Waals surface area contributed by atoms with Crippen LogP contribution < -0.4 is 4.74 Å². The number of hydrogen-bond donors (Lipinski definition) is 0. The summed E-state index contributed by atoms with van der Waals surface area (Å²) in [7, 11) is 0. The third-order valence-electron chi connectivity index (χ3n) is 3.98. The molecule has 0 N–H and O–H groups in total. The minimum Gasteiger partial charge on any atom is -0.465 e. The highest BCUT2D eigenvalue weighted by Crippen LogP contribution is 2.29. The van der Waals surface area contributed by atoms with Crippen LogP contribution in [-0.4, -0.2) is 12.9 Å². The summed E-state index contributed by atoms with van der Waals surface area (Å²) in [5.74, 6) is 2.38. The molecule has 1 atom stereocenters. The molecular formula is C20H16FNO2. The molecule has 3 nitrogen and oxygen atoms in total. The minimum absolute atomic E-state index is 0.0545. The van der Waals surface area contributed by atoms with Crippen LogP contribution in [0.2, 0.25) is 0 Å². The number of nitriles is 1. The molecule has 120 valence electrons. The number of ether oxygens (including phenoxy) is 2. The first-order valence-electron chi connectivity index (χ1n) is 7.81. The van der Waals surface area contributed by atoms with E-state index in [0.717, 1.165) is 31.4 Å². The zero-order valence-corrected chi connectivity index (χ0v) is 13.1. The second-order valence-electron chi connectivity index (χ2n) is 5.54. The Bertz CT molecular complexity index is 809. The summed E-state index contributed by atoms with van der Waals surface area (Å²) in [5, 5.41) is 8.90. The molecule has 1 heterocycles. The number of hydrogen-bond acceptors (Lipinski definition) is 3. The molecule has 2 aromatic rings. The van der Waals surface area contributed by atoms with Gasteiger partial charge in [-0.05, 0) is 36.6 Å². The first kappa shape index (κ1) is 16.1. The van der Waals surface area contributed by atoms with Crippen LogP contribution in [-0.2, 0) is 4.74 Å². The Morgan fingerprint density at radius 3 is 2.58 bits per heavy atom. The number of halogens is 1. The van der Waals surface area contributed by atoms with Crippen LogP contribution in [0.25, 0.3) is 11.1 Å². The van der Waals surface area contributed by atoms with Crippen molar-refractivity contribution in [1.29, 1.82) is 5.26 Å². The number of rotatable bonds is 3. The van der Waals surface area contributed by atoms with E-state index in [2.05, 4.69) is 5.92 Å². The summed E-state index contributed by atoms with van der Waals surface area (Å²) in [6.45, 7) is 0.721. The normalized spacial score (nSPS) is 16.9. The Hall–Kier alpha value is -2.82. The lowest BCUT2D eigenvalue weighted by molar-refractivity contribution is -0.105. The molecule has 24 heavy (non-hydrogen) atoms. The first-order chi connectivity index (χ1) is 11.7. The summed E-state index contributed by atoms with van der Waals surface area (Å²) >= 11 is 0. The SMILES string of the molecule is C#Cc1c(-c2ccc(OC3CCCCO3)cc2)ccc(C#N)c1F. The van der Waals surface area contributed by atoms with E-state index in [4.69, 9.17) is 21.2 Å². The van der Waals surface area contributed by atoms with Gasteiger partial charge >= 0.3 is 0 Å². The average Bonchev–Trinajstić information content (AvgIpc) is 2.63. The molecule has 3 rings (SSSR count). The molecule has 0 saturated carbocycles. The van der Waals surface area contributed by atoms with Crippen molar-refractivity contribution in [2.24, 2.45) is 0 Å². The largest absolute Gasteiger partial charge is 0.465 e. The third-order valence-corrected chi connectivity index (χ3v) is 3.98. The summed E-state index contributed by atoms with van der Waals surface area (Å²) in [6, 6.07) is 12.2. The van der Waals surface area contributed by atoms with E-state index in [9.17, 15) is 4.39 Å². The Balaban J connectivity index is 1.85. The van der Waals surface area contributed by atoms with Crippen molar-refractivity contribution < 1.29 is 13.9 Å². The highest BCUT2D eigenvalue weighted by atomic mass is 19.1. The van der Waals surface area contributed by atoms with Gasteiger partial charge in [0.15, 0.2) is 12.1 Å². The van der Waals surface area contributed by atoms with E-state index in [1.54, 1.807) is 12.1 Å². The van der Waals surface area contributed by atoms with Crippen LogP contribution in [0.3, 0.4) is 0 Å². The number of terminal acetylenes is 1. The maximum atomic E-state index is 14.2. The minimum atomic E-state index is -0.659. The van der Waals surface area contributed by atoms with E-state index in [-0.39, 0.29) is 17.4 Å². The third kappa shape index (κ3) is 3.25. The molecule has 0 aromatic heterocycles. The fourth-order valence-electron chi connectivity index (χ4n) is 2.71. The topological polar surface area (TPSA) is 42.2 Å². The summed E-state index contributed by atoms with van der Waals surface area (Å²) in [6.07, 6.45) is 8.26. The molecule has 4 heteroatoms. The van der Waals surface area contributed by atoms with Crippen molar-refractivity contribution in [2.75, 3.05) is 6.61 Å². The van der Waals surface area contributed by atoms with Gasteiger partial charge in [0.25, 0.3) is 0 Å². The zero-order chi connectivity index (χ0) is 16.9. The molecule has 1 aliphatic rings. The molecule has 0 aliphatic carbocycles. The Morgan fingerprint density at radius 2 is 1.96 bits per heavy atom. The number of benzene rings is 2. The monoisotopic (exact) mass is 321 g/mol. The lowest BCUT2D eigenvalue weighted by Crippen LogP contribution is -2.24. The second kappa shape index (κ2) is 7.17. The smallest absolute Gasteiger partial charge is 0.199 e.